The number of likely N-dealkylation sites (tertiary alicyclic amines) is 1. The summed E-state index contributed by atoms with van der Waals surface area (Å²) in [6.07, 6.45) is 3.30. The van der Waals surface area contributed by atoms with Crippen LogP contribution in [0.1, 0.15) is 34.6 Å². The number of thiazole rings is 1. The second-order valence-corrected chi connectivity index (χ2v) is 7.57. The Bertz CT molecular complexity index is 731. The maximum Gasteiger partial charge on any atom is 0.265 e. The normalized spacial score (nSPS) is 14.4. The van der Waals surface area contributed by atoms with Crippen molar-refractivity contribution < 1.29 is 9.18 Å². The van der Waals surface area contributed by atoms with Crippen molar-refractivity contribution in [1.29, 1.82) is 0 Å². The largest absolute Gasteiger partial charge is 0.338 e. The van der Waals surface area contributed by atoms with Gasteiger partial charge in [0.15, 0.2) is 0 Å². The van der Waals surface area contributed by atoms with Gasteiger partial charge in [0.2, 0.25) is 0 Å². The maximum atomic E-state index is 13.1. The summed E-state index contributed by atoms with van der Waals surface area (Å²) >= 11 is 1.40. The molecule has 0 bridgehead atoms. The fourth-order valence-electron chi connectivity index (χ4n) is 3.23. The highest BCUT2D eigenvalue weighted by molar-refractivity contribution is 7.17. The Kier molecular flexibility index (Phi) is 9.67. The van der Waals surface area contributed by atoms with Crippen molar-refractivity contribution in [2.75, 3.05) is 26.7 Å². The van der Waals surface area contributed by atoms with Crippen LogP contribution in [0.4, 0.5) is 4.39 Å². The molecular formula is C19H26Cl2FN3OS. The lowest BCUT2D eigenvalue weighted by molar-refractivity contribution is 0.0691. The molecule has 27 heavy (non-hydrogen) atoms. The molecule has 2 heterocycles. The third-order valence-corrected chi connectivity index (χ3v) is 5.98. The average molecular weight is 434 g/mol. The molecule has 0 unspecified atom stereocenters. The van der Waals surface area contributed by atoms with Crippen molar-refractivity contribution in [1.82, 2.24) is 15.2 Å². The maximum absolute atomic E-state index is 13.1. The van der Waals surface area contributed by atoms with Gasteiger partial charge in [0, 0.05) is 18.7 Å². The summed E-state index contributed by atoms with van der Waals surface area (Å²) in [7, 11) is 1.98. The van der Waals surface area contributed by atoms with Crippen molar-refractivity contribution >= 4 is 42.1 Å². The van der Waals surface area contributed by atoms with Gasteiger partial charge in [-0.3, -0.25) is 4.79 Å². The Balaban J connectivity index is 0.00000182. The van der Waals surface area contributed by atoms with Crippen LogP contribution in [0.5, 0.6) is 0 Å². The second-order valence-electron chi connectivity index (χ2n) is 6.57. The number of aryl methyl sites for hydroxylation is 1. The lowest BCUT2D eigenvalue weighted by Crippen LogP contribution is -2.38. The number of carbonyl (C=O) groups is 1. The molecule has 0 radical (unpaired) electrons. The molecule has 1 amide bonds. The van der Waals surface area contributed by atoms with Crippen molar-refractivity contribution in [3.05, 3.63) is 40.7 Å². The molecule has 150 valence electrons. The average Bonchev–Trinajstić information content (AvgIpc) is 3.02. The molecule has 3 rings (SSSR count). The number of hydrogen-bond donors (Lipinski definition) is 1. The van der Waals surface area contributed by atoms with Gasteiger partial charge in [0.05, 0.1) is 5.69 Å². The molecule has 0 aliphatic carbocycles. The summed E-state index contributed by atoms with van der Waals surface area (Å²) in [4.78, 5) is 20.0. The first-order valence-electron chi connectivity index (χ1n) is 8.75. The number of carbonyl (C=O) groups excluding carboxylic acids is 1. The van der Waals surface area contributed by atoms with E-state index in [1.807, 2.05) is 18.9 Å². The molecular weight excluding hydrogens is 408 g/mol. The molecule has 1 N–H and O–H groups in total. The van der Waals surface area contributed by atoms with Crippen LogP contribution in [0.15, 0.2) is 24.3 Å². The van der Waals surface area contributed by atoms with E-state index >= 15 is 0 Å². The molecule has 2 aromatic rings. The number of halogens is 3. The number of amides is 1. The zero-order chi connectivity index (χ0) is 17.8. The van der Waals surface area contributed by atoms with E-state index in [-0.39, 0.29) is 36.5 Å². The molecule has 0 spiro atoms. The van der Waals surface area contributed by atoms with Crippen LogP contribution in [-0.2, 0) is 0 Å². The van der Waals surface area contributed by atoms with E-state index in [1.54, 1.807) is 12.1 Å². The van der Waals surface area contributed by atoms with Gasteiger partial charge in [-0.15, -0.1) is 36.2 Å². The van der Waals surface area contributed by atoms with Gasteiger partial charge < -0.3 is 10.2 Å². The Labute approximate surface area is 176 Å². The number of hydrogen-bond acceptors (Lipinski definition) is 4. The minimum Gasteiger partial charge on any atom is -0.338 e. The highest BCUT2D eigenvalue weighted by atomic mass is 35.5. The molecule has 1 aliphatic rings. The fraction of sp³-hybridized carbons (Fsp3) is 0.474. The van der Waals surface area contributed by atoms with E-state index in [0.717, 1.165) is 48.7 Å². The quantitative estimate of drug-likeness (QED) is 0.751. The Hall–Kier alpha value is -1.21. The molecule has 0 saturated carbocycles. The van der Waals surface area contributed by atoms with Crippen LogP contribution in [0.3, 0.4) is 0 Å². The van der Waals surface area contributed by atoms with E-state index in [1.165, 1.54) is 29.9 Å². The summed E-state index contributed by atoms with van der Waals surface area (Å²) in [5, 5.41) is 3.96. The number of nitrogens with one attached hydrogen (secondary N) is 1. The summed E-state index contributed by atoms with van der Waals surface area (Å²) in [6.45, 7) is 4.54. The summed E-state index contributed by atoms with van der Waals surface area (Å²) in [5.41, 5.74) is 1.60. The SMILES string of the molecule is CNCCC1CCN(C(=O)c2sc(-c3ccc(F)cc3)nc2C)CC1.Cl.Cl. The highest BCUT2D eigenvalue weighted by Crippen LogP contribution is 2.30. The minimum atomic E-state index is -0.269. The van der Waals surface area contributed by atoms with Crippen LogP contribution >= 0.6 is 36.2 Å². The van der Waals surface area contributed by atoms with Gasteiger partial charge in [-0.05, 0) is 70.0 Å². The van der Waals surface area contributed by atoms with Crippen molar-refractivity contribution in [2.45, 2.75) is 26.2 Å². The Morgan fingerprint density at radius 1 is 1.26 bits per heavy atom. The van der Waals surface area contributed by atoms with Gasteiger partial charge in [0.1, 0.15) is 15.7 Å². The summed E-state index contributed by atoms with van der Waals surface area (Å²) in [5.74, 6) is 0.513. The van der Waals surface area contributed by atoms with Gasteiger partial charge >= 0.3 is 0 Å². The number of rotatable bonds is 5. The molecule has 1 saturated heterocycles. The van der Waals surface area contributed by atoms with E-state index in [9.17, 15) is 9.18 Å². The molecule has 1 aromatic heterocycles. The van der Waals surface area contributed by atoms with Gasteiger partial charge in [-0.25, -0.2) is 9.37 Å². The third kappa shape index (κ3) is 5.88. The van der Waals surface area contributed by atoms with E-state index < -0.39 is 0 Å². The molecule has 0 atom stereocenters. The zero-order valence-electron chi connectivity index (χ0n) is 15.5. The summed E-state index contributed by atoms with van der Waals surface area (Å²) < 4.78 is 13.1. The van der Waals surface area contributed by atoms with Gasteiger partial charge in [-0.2, -0.15) is 0 Å². The predicted molar refractivity (Wildman–Crippen MR) is 114 cm³/mol. The first-order chi connectivity index (χ1) is 12.1. The first-order valence-corrected chi connectivity index (χ1v) is 9.57. The topological polar surface area (TPSA) is 45.2 Å². The molecule has 1 aliphatic heterocycles. The number of benzene rings is 1. The van der Waals surface area contributed by atoms with Crippen molar-refractivity contribution in [3.8, 4) is 10.6 Å². The van der Waals surface area contributed by atoms with E-state index in [2.05, 4.69) is 10.3 Å². The lowest BCUT2D eigenvalue weighted by atomic mass is 9.93. The van der Waals surface area contributed by atoms with Crippen LogP contribution in [-0.4, -0.2) is 42.5 Å². The smallest absolute Gasteiger partial charge is 0.265 e. The molecule has 1 aromatic carbocycles. The Morgan fingerprint density at radius 3 is 2.48 bits per heavy atom. The third-order valence-electron chi connectivity index (χ3n) is 4.79. The van der Waals surface area contributed by atoms with E-state index in [4.69, 9.17) is 0 Å². The van der Waals surface area contributed by atoms with Crippen LogP contribution < -0.4 is 5.32 Å². The Morgan fingerprint density at radius 2 is 1.89 bits per heavy atom. The number of aromatic nitrogens is 1. The molecule has 4 nitrogen and oxygen atoms in total. The van der Waals surface area contributed by atoms with Gasteiger partial charge in [-0.1, -0.05) is 0 Å². The molecule has 8 heteroatoms. The zero-order valence-corrected chi connectivity index (χ0v) is 18.0. The standard InChI is InChI=1S/C19H24FN3OS.2ClH/c1-13-17(25-18(22-13)15-3-5-16(20)6-4-15)19(24)23-11-8-14(9-12-23)7-10-21-2;;/h3-6,14,21H,7-12H2,1-2H3;2*1H. The van der Waals surface area contributed by atoms with Crippen molar-refractivity contribution in [2.24, 2.45) is 5.92 Å². The summed E-state index contributed by atoms with van der Waals surface area (Å²) in [6, 6.07) is 6.25. The fourth-order valence-corrected chi connectivity index (χ4v) is 4.27. The predicted octanol–water partition coefficient (Wildman–Crippen LogP) is 4.56. The number of nitrogens with zero attached hydrogens (tertiary/aromatic N) is 2. The van der Waals surface area contributed by atoms with Crippen LogP contribution in [0, 0.1) is 18.7 Å². The monoisotopic (exact) mass is 433 g/mol. The van der Waals surface area contributed by atoms with Crippen molar-refractivity contribution in [3.63, 3.8) is 0 Å². The minimum absolute atomic E-state index is 0. The van der Waals surface area contributed by atoms with Crippen LogP contribution in [0.2, 0.25) is 0 Å². The van der Waals surface area contributed by atoms with E-state index in [0.29, 0.717) is 10.8 Å². The highest BCUT2D eigenvalue weighted by Gasteiger charge is 2.26. The van der Waals surface area contributed by atoms with Gasteiger partial charge in [0.25, 0.3) is 5.91 Å². The first kappa shape index (κ1) is 23.8. The van der Waals surface area contributed by atoms with Crippen LogP contribution in [0.25, 0.3) is 10.6 Å². The second kappa shape index (κ2) is 11.0. The number of piperidine rings is 1. The molecule has 1 fully saturated rings. The lowest BCUT2D eigenvalue weighted by Gasteiger charge is -2.31.